The van der Waals surface area contributed by atoms with Gasteiger partial charge in [-0.25, -0.2) is 0 Å². The zero-order chi connectivity index (χ0) is 26.9. The van der Waals surface area contributed by atoms with E-state index in [1.807, 2.05) is 86.9 Å². The van der Waals surface area contributed by atoms with Gasteiger partial charge in [-0.15, -0.1) is 0 Å². The smallest absolute Gasteiger partial charge is 0.304 e. The quantitative estimate of drug-likeness (QED) is 0.198. The first-order valence-corrected chi connectivity index (χ1v) is 13.0. The Balaban J connectivity index is 1.46. The Labute approximate surface area is 223 Å². The number of hydrogen-bond donors (Lipinski definition) is 4. The highest BCUT2D eigenvalue weighted by atomic mass is 16.4. The summed E-state index contributed by atoms with van der Waals surface area (Å²) in [6, 6.07) is 27.2. The number of carbonyl (C=O) groups is 2. The summed E-state index contributed by atoms with van der Waals surface area (Å²) in [5, 5.41) is 17.8. The molecule has 0 aliphatic heterocycles. The minimum Gasteiger partial charge on any atom is -0.481 e. The first-order valence-electron chi connectivity index (χ1n) is 13.0. The number of hydrogen-bond acceptors (Lipinski definition) is 4. The SMILES string of the molecule is CC(NC(Cc1ccccc1)CN(C)C(=O)c1ccccc1)N[C@H](CC(=O)O)Cc1c[nH]c2ccccc12. The van der Waals surface area contributed by atoms with E-state index in [0.717, 1.165) is 22.9 Å². The van der Waals surface area contributed by atoms with Gasteiger partial charge in [-0.2, -0.15) is 0 Å². The molecule has 4 rings (SSSR count). The Morgan fingerprint density at radius 1 is 0.868 bits per heavy atom. The van der Waals surface area contributed by atoms with Crippen LogP contribution in [0.2, 0.25) is 0 Å². The fourth-order valence-electron chi connectivity index (χ4n) is 5.01. The third kappa shape index (κ3) is 7.54. The second kappa shape index (κ2) is 13.0. The number of carbonyl (C=O) groups excluding carboxylic acids is 1. The van der Waals surface area contributed by atoms with Crippen molar-refractivity contribution in [2.75, 3.05) is 13.6 Å². The van der Waals surface area contributed by atoms with Crippen molar-refractivity contribution < 1.29 is 14.7 Å². The normalized spacial score (nSPS) is 13.6. The molecule has 2 unspecified atom stereocenters. The van der Waals surface area contributed by atoms with Gasteiger partial charge in [0, 0.05) is 48.3 Å². The highest BCUT2D eigenvalue weighted by Gasteiger charge is 2.22. The third-order valence-corrected chi connectivity index (χ3v) is 6.72. The van der Waals surface area contributed by atoms with Gasteiger partial charge < -0.3 is 15.0 Å². The second-order valence-corrected chi connectivity index (χ2v) is 9.85. The maximum Gasteiger partial charge on any atom is 0.304 e. The van der Waals surface area contributed by atoms with Crippen LogP contribution in [0.15, 0.2) is 91.1 Å². The third-order valence-electron chi connectivity index (χ3n) is 6.72. The molecule has 0 aliphatic rings. The molecule has 0 spiro atoms. The first-order chi connectivity index (χ1) is 18.4. The number of para-hydroxylation sites is 1. The molecular formula is C31H36N4O3. The largest absolute Gasteiger partial charge is 0.481 e. The molecule has 3 aromatic carbocycles. The lowest BCUT2D eigenvalue weighted by molar-refractivity contribution is -0.137. The van der Waals surface area contributed by atoms with E-state index < -0.39 is 5.97 Å². The second-order valence-electron chi connectivity index (χ2n) is 9.85. The summed E-state index contributed by atoms with van der Waals surface area (Å²) in [5.41, 5.74) is 3.94. The van der Waals surface area contributed by atoms with Gasteiger partial charge in [0.05, 0.1) is 12.6 Å². The molecule has 1 heterocycles. The Hall–Kier alpha value is -3.94. The van der Waals surface area contributed by atoms with Crippen molar-refractivity contribution in [3.8, 4) is 0 Å². The average molecular weight is 513 g/mol. The van der Waals surface area contributed by atoms with Crippen LogP contribution in [0.5, 0.6) is 0 Å². The van der Waals surface area contributed by atoms with E-state index in [4.69, 9.17) is 0 Å². The monoisotopic (exact) mass is 512 g/mol. The van der Waals surface area contributed by atoms with Crippen LogP contribution in [-0.2, 0) is 17.6 Å². The van der Waals surface area contributed by atoms with Gasteiger partial charge in [0.25, 0.3) is 5.91 Å². The fraction of sp³-hybridized carbons (Fsp3) is 0.290. The molecule has 0 radical (unpaired) electrons. The van der Waals surface area contributed by atoms with E-state index >= 15 is 0 Å². The average Bonchev–Trinajstić information content (AvgIpc) is 3.31. The number of aromatic nitrogens is 1. The minimum atomic E-state index is -0.844. The lowest BCUT2D eigenvalue weighted by atomic mass is 10.0. The van der Waals surface area contributed by atoms with E-state index in [1.54, 1.807) is 4.90 Å². The van der Waals surface area contributed by atoms with Crippen molar-refractivity contribution >= 4 is 22.8 Å². The van der Waals surface area contributed by atoms with E-state index in [9.17, 15) is 14.7 Å². The number of rotatable bonds is 13. The fourth-order valence-corrected chi connectivity index (χ4v) is 5.01. The molecule has 4 aromatic rings. The lowest BCUT2D eigenvalue weighted by Crippen LogP contribution is -2.54. The Morgan fingerprint density at radius 3 is 2.21 bits per heavy atom. The van der Waals surface area contributed by atoms with Gasteiger partial charge in [0.1, 0.15) is 0 Å². The number of nitrogens with zero attached hydrogens (tertiary/aromatic N) is 1. The Bertz CT molecular complexity index is 1320. The number of H-pyrrole nitrogens is 1. The number of likely N-dealkylation sites (N-methyl/N-ethyl adjacent to an activating group) is 1. The zero-order valence-corrected chi connectivity index (χ0v) is 21.9. The maximum atomic E-state index is 13.0. The number of aromatic amines is 1. The summed E-state index contributed by atoms with van der Waals surface area (Å²) in [4.78, 5) is 29.7. The molecule has 0 saturated heterocycles. The molecule has 7 nitrogen and oxygen atoms in total. The van der Waals surface area contributed by atoms with Crippen LogP contribution in [0.3, 0.4) is 0 Å². The molecule has 0 bridgehead atoms. The topological polar surface area (TPSA) is 97.5 Å². The molecule has 0 saturated carbocycles. The molecule has 198 valence electrons. The van der Waals surface area contributed by atoms with E-state index in [-0.39, 0.29) is 30.6 Å². The van der Waals surface area contributed by atoms with Crippen molar-refractivity contribution in [3.05, 3.63) is 108 Å². The van der Waals surface area contributed by atoms with Crippen LogP contribution in [0.1, 0.15) is 34.8 Å². The number of nitrogens with one attached hydrogen (secondary N) is 3. The summed E-state index contributed by atoms with van der Waals surface area (Å²) >= 11 is 0. The molecule has 0 fully saturated rings. The summed E-state index contributed by atoms with van der Waals surface area (Å²) in [7, 11) is 1.82. The van der Waals surface area contributed by atoms with Gasteiger partial charge in [0.15, 0.2) is 0 Å². The summed E-state index contributed by atoms with van der Waals surface area (Å²) in [6.45, 7) is 2.50. The van der Waals surface area contributed by atoms with Crippen molar-refractivity contribution in [2.24, 2.45) is 0 Å². The van der Waals surface area contributed by atoms with E-state index in [1.165, 1.54) is 5.56 Å². The van der Waals surface area contributed by atoms with Crippen LogP contribution in [0, 0.1) is 0 Å². The molecule has 7 heteroatoms. The molecule has 4 N–H and O–H groups in total. The molecular weight excluding hydrogens is 476 g/mol. The number of carboxylic acids is 1. The number of carboxylic acid groups (broad SMARTS) is 1. The number of fused-ring (bicyclic) bond motifs is 1. The van der Waals surface area contributed by atoms with Crippen molar-refractivity contribution in [3.63, 3.8) is 0 Å². The van der Waals surface area contributed by atoms with Crippen LogP contribution < -0.4 is 10.6 Å². The number of amides is 1. The van der Waals surface area contributed by atoms with Crippen molar-refractivity contribution in [1.29, 1.82) is 0 Å². The van der Waals surface area contributed by atoms with Crippen molar-refractivity contribution in [1.82, 2.24) is 20.5 Å². The Morgan fingerprint density at radius 2 is 1.50 bits per heavy atom. The predicted octanol–water partition coefficient (Wildman–Crippen LogP) is 4.46. The molecule has 38 heavy (non-hydrogen) atoms. The maximum absolute atomic E-state index is 13.0. The zero-order valence-electron chi connectivity index (χ0n) is 21.9. The number of aliphatic carboxylic acids is 1. The van der Waals surface area contributed by atoms with Crippen LogP contribution in [0.25, 0.3) is 10.9 Å². The van der Waals surface area contributed by atoms with Crippen LogP contribution in [0.4, 0.5) is 0 Å². The van der Waals surface area contributed by atoms with Gasteiger partial charge >= 0.3 is 5.97 Å². The lowest BCUT2D eigenvalue weighted by Gasteiger charge is -2.30. The predicted molar refractivity (Wildman–Crippen MR) is 151 cm³/mol. The summed E-state index contributed by atoms with van der Waals surface area (Å²) in [6.07, 6.45) is 3.09. The number of benzene rings is 3. The minimum absolute atomic E-state index is 0.00126. The van der Waals surface area contributed by atoms with Gasteiger partial charge in [0.2, 0.25) is 0 Å². The van der Waals surface area contributed by atoms with E-state index in [0.29, 0.717) is 18.5 Å². The molecule has 0 aliphatic carbocycles. The standard InChI is InChI=1S/C31H36N4O3/c1-22(33-26(19-30(36)37)18-25-20-32-29-16-10-9-15-28(25)29)34-27(17-23-11-5-3-6-12-23)21-35(2)31(38)24-13-7-4-8-14-24/h3-16,20,22,26-27,32-34H,17-19,21H2,1-2H3,(H,36,37)/t22?,26-,27?/m0/s1. The summed E-state index contributed by atoms with van der Waals surface area (Å²) < 4.78 is 0. The highest BCUT2D eigenvalue weighted by Crippen LogP contribution is 2.20. The molecule has 1 amide bonds. The van der Waals surface area contributed by atoms with E-state index in [2.05, 4.69) is 33.8 Å². The highest BCUT2D eigenvalue weighted by molar-refractivity contribution is 5.94. The molecule has 3 atom stereocenters. The first kappa shape index (κ1) is 27.1. The Kier molecular flexibility index (Phi) is 9.30. The van der Waals surface area contributed by atoms with Gasteiger partial charge in [-0.05, 0) is 49.1 Å². The van der Waals surface area contributed by atoms with Crippen LogP contribution in [-0.4, -0.2) is 58.7 Å². The summed E-state index contributed by atoms with van der Waals surface area (Å²) in [5.74, 6) is -0.877. The van der Waals surface area contributed by atoms with Gasteiger partial charge in [-0.1, -0.05) is 66.7 Å². The molecule has 1 aromatic heterocycles. The van der Waals surface area contributed by atoms with Crippen molar-refractivity contribution in [2.45, 2.75) is 44.4 Å². The van der Waals surface area contributed by atoms with Gasteiger partial charge in [-0.3, -0.25) is 20.2 Å². The van der Waals surface area contributed by atoms with Crippen LogP contribution >= 0.6 is 0 Å².